The number of likely N-dealkylation sites (tertiary alicyclic amines) is 1. The first-order valence-electron chi connectivity index (χ1n) is 9.47. The lowest BCUT2D eigenvalue weighted by Crippen LogP contribution is -2.28. The second-order valence-corrected chi connectivity index (χ2v) is 8.10. The van der Waals surface area contributed by atoms with Crippen LogP contribution in [0.4, 0.5) is 4.39 Å². The summed E-state index contributed by atoms with van der Waals surface area (Å²) < 4.78 is 20.9. The lowest BCUT2D eigenvalue weighted by atomic mass is 10.1. The van der Waals surface area contributed by atoms with Crippen molar-refractivity contribution in [1.82, 2.24) is 15.2 Å². The zero-order valence-corrected chi connectivity index (χ0v) is 17.0. The Morgan fingerprint density at radius 3 is 2.87 bits per heavy atom. The van der Waals surface area contributed by atoms with Crippen LogP contribution in [0.5, 0.6) is 11.5 Å². The fourth-order valence-corrected chi connectivity index (χ4v) is 4.35. The summed E-state index contributed by atoms with van der Waals surface area (Å²) in [7, 11) is 1.52. The van der Waals surface area contributed by atoms with Crippen LogP contribution < -0.4 is 10.1 Å². The Morgan fingerprint density at radius 2 is 2.17 bits per heavy atom. The molecule has 1 aliphatic heterocycles. The molecule has 7 nitrogen and oxygen atoms in total. The van der Waals surface area contributed by atoms with Crippen molar-refractivity contribution >= 4 is 33.4 Å². The third-order valence-electron chi connectivity index (χ3n) is 4.90. The average Bonchev–Trinajstić information content (AvgIpc) is 3.36. The quantitative estimate of drug-likeness (QED) is 0.651. The largest absolute Gasteiger partial charge is 0.453 e. The number of carbonyl (C=O) groups excluding carboxylic acids is 2. The molecule has 0 aliphatic carbocycles. The Balaban J connectivity index is 1.58. The van der Waals surface area contributed by atoms with Gasteiger partial charge in [0.1, 0.15) is 5.75 Å². The van der Waals surface area contributed by atoms with E-state index in [0.717, 1.165) is 0 Å². The molecule has 0 bridgehead atoms. The zero-order chi connectivity index (χ0) is 21.3. The van der Waals surface area contributed by atoms with Crippen molar-refractivity contribution in [2.45, 2.75) is 18.9 Å². The number of hydrogen-bond donors (Lipinski definition) is 2. The van der Waals surface area contributed by atoms with Gasteiger partial charge in [-0.3, -0.25) is 14.6 Å². The highest BCUT2D eigenvalue weighted by Crippen LogP contribution is 2.36. The van der Waals surface area contributed by atoms with Crippen molar-refractivity contribution < 1.29 is 23.8 Å². The molecule has 1 fully saturated rings. The predicted octanol–water partition coefficient (Wildman–Crippen LogP) is 2.72. The number of pyridine rings is 1. The lowest BCUT2D eigenvalue weighted by molar-refractivity contribution is -0.119. The minimum atomic E-state index is -0.583. The second-order valence-electron chi connectivity index (χ2n) is 7.04. The van der Waals surface area contributed by atoms with E-state index in [1.54, 1.807) is 23.1 Å². The van der Waals surface area contributed by atoms with Crippen molar-refractivity contribution in [2.24, 2.45) is 0 Å². The lowest BCUT2D eigenvalue weighted by Gasteiger charge is -2.13. The van der Waals surface area contributed by atoms with Gasteiger partial charge in [0.15, 0.2) is 11.6 Å². The molecule has 2 aromatic heterocycles. The summed E-state index contributed by atoms with van der Waals surface area (Å²) in [5, 5.41) is 12.2. The molecule has 0 radical (unpaired) electrons. The molecule has 3 heterocycles. The first kappa shape index (κ1) is 20.2. The number of β-amino-alcohol motifs (C(OH)–C–C–N with tert-alkyl or cyclic N) is 1. The van der Waals surface area contributed by atoms with Gasteiger partial charge >= 0.3 is 0 Å². The third-order valence-corrected chi connectivity index (χ3v) is 6.02. The van der Waals surface area contributed by atoms with E-state index in [1.165, 1.54) is 36.7 Å². The van der Waals surface area contributed by atoms with Gasteiger partial charge in [-0.05, 0) is 30.2 Å². The number of ether oxygens (including phenoxy) is 1. The van der Waals surface area contributed by atoms with E-state index >= 15 is 0 Å². The summed E-state index contributed by atoms with van der Waals surface area (Å²) in [6.45, 7) is 0.829. The highest BCUT2D eigenvalue weighted by Gasteiger charge is 2.27. The molecule has 1 atom stereocenters. The number of carbonyl (C=O) groups is 2. The predicted molar refractivity (Wildman–Crippen MR) is 110 cm³/mol. The van der Waals surface area contributed by atoms with Gasteiger partial charge in [-0.1, -0.05) is 6.07 Å². The Labute approximate surface area is 176 Å². The highest BCUT2D eigenvalue weighted by atomic mass is 32.1. The van der Waals surface area contributed by atoms with Crippen LogP contribution in [0.1, 0.15) is 21.7 Å². The highest BCUT2D eigenvalue weighted by molar-refractivity contribution is 7.21. The van der Waals surface area contributed by atoms with Gasteiger partial charge in [0.2, 0.25) is 5.91 Å². The van der Waals surface area contributed by atoms with Crippen molar-refractivity contribution in [2.75, 3.05) is 20.1 Å². The van der Waals surface area contributed by atoms with Crippen molar-refractivity contribution in [1.29, 1.82) is 0 Å². The number of halogens is 1. The minimum Gasteiger partial charge on any atom is -0.453 e. The number of nitrogens with zero attached hydrogens (tertiary/aromatic N) is 2. The van der Waals surface area contributed by atoms with E-state index in [4.69, 9.17) is 4.74 Å². The third kappa shape index (κ3) is 4.12. The van der Waals surface area contributed by atoms with Gasteiger partial charge < -0.3 is 20.1 Å². The molecule has 1 saturated heterocycles. The van der Waals surface area contributed by atoms with Crippen LogP contribution in [0.2, 0.25) is 0 Å². The van der Waals surface area contributed by atoms with Gasteiger partial charge in [-0.25, -0.2) is 4.39 Å². The van der Waals surface area contributed by atoms with Crippen LogP contribution in [-0.4, -0.2) is 53.0 Å². The summed E-state index contributed by atoms with van der Waals surface area (Å²) in [6, 6.07) is 7.68. The standard InChI is InChI=1S/C21H20FN3O4S/c1-23-19(27)9-12-2-3-16(14(22)8-12)29-17-4-6-24-15-10-18(30-20(15)17)21(28)25-7-5-13(26)11-25/h2-4,6,8,10,13,26H,5,7,9,11H2,1H3,(H,23,27). The number of aliphatic hydroxyl groups excluding tert-OH is 1. The molecule has 3 aromatic rings. The number of hydrogen-bond acceptors (Lipinski definition) is 6. The number of fused-ring (bicyclic) bond motifs is 1. The Bertz CT molecular complexity index is 1120. The van der Waals surface area contributed by atoms with Crippen LogP contribution in [0.25, 0.3) is 10.2 Å². The van der Waals surface area contributed by atoms with Crippen LogP contribution in [0.15, 0.2) is 36.5 Å². The van der Waals surface area contributed by atoms with Crippen LogP contribution in [0, 0.1) is 5.82 Å². The van der Waals surface area contributed by atoms with Crippen LogP contribution in [-0.2, 0) is 11.2 Å². The van der Waals surface area contributed by atoms with Gasteiger partial charge in [-0.2, -0.15) is 0 Å². The first-order valence-corrected chi connectivity index (χ1v) is 10.3. The summed E-state index contributed by atoms with van der Waals surface area (Å²) in [5.41, 5.74) is 1.12. The Kier molecular flexibility index (Phi) is 5.65. The summed E-state index contributed by atoms with van der Waals surface area (Å²) in [6.07, 6.45) is 1.69. The number of nitrogens with one attached hydrogen (secondary N) is 1. The minimum absolute atomic E-state index is 0.0205. The van der Waals surface area contributed by atoms with Crippen molar-refractivity contribution in [3.63, 3.8) is 0 Å². The van der Waals surface area contributed by atoms with Crippen LogP contribution in [0.3, 0.4) is 0 Å². The maximum Gasteiger partial charge on any atom is 0.264 e. The van der Waals surface area contributed by atoms with Crippen LogP contribution >= 0.6 is 11.3 Å². The van der Waals surface area contributed by atoms with E-state index < -0.39 is 11.9 Å². The average molecular weight is 429 g/mol. The molecule has 1 unspecified atom stereocenters. The number of aromatic nitrogens is 1. The molecule has 30 heavy (non-hydrogen) atoms. The van der Waals surface area contributed by atoms with E-state index in [0.29, 0.717) is 45.9 Å². The monoisotopic (exact) mass is 429 g/mol. The Hall–Kier alpha value is -3.04. The number of rotatable bonds is 5. The smallest absolute Gasteiger partial charge is 0.264 e. The molecular weight excluding hydrogens is 409 g/mol. The number of amides is 2. The molecule has 9 heteroatoms. The van der Waals surface area contributed by atoms with E-state index in [2.05, 4.69) is 10.3 Å². The SMILES string of the molecule is CNC(=O)Cc1ccc(Oc2ccnc3cc(C(=O)N4CCC(O)C4)sc23)c(F)c1. The fraction of sp³-hybridized carbons (Fsp3) is 0.286. The maximum absolute atomic E-state index is 14.5. The normalized spacial score (nSPS) is 16.1. The first-order chi connectivity index (χ1) is 14.4. The summed E-state index contributed by atoms with van der Waals surface area (Å²) in [4.78, 5) is 30.6. The maximum atomic E-state index is 14.5. The fourth-order valence-electron chi connectivity index (χ4n) is 3.31. The second kappa shape index (κ2) is 8.37. The molecular formula is C21H20FN3O4S. The molecule has 2 amide bonds. The molecule has 4 rings (SSSR count). The topological polar surface area (TPSA) is 91.8 Å². The summed E-state index contributed by atoms with van der Waals surface area (Å²) >= 11 is 1.22. The number of benzene rings is 1. The van der Waals surface area contributed by atoms with E-state index in [9.17, 15) is 19.1 Å². The van der Waals surface area contributed by atoms with Gasteiger partial charge in [0, 0.05) is 32.4 Å². The van der Waals surface area contributed by atoms with Crippen molar-refractivity contribution in [3.05, 3.63) is 52.8 Å². The van der Waals surface area contributed by atoms with Gasteiger partial charge in [-0.15, -0.1) is 11.3 Å². The number of thiophene rings is 1. The molecule has 1 aromatic carbocycles. The molecule has 156 valence electrons. The van der Waals surface area contributed by atoms with Gasteiger partial charge in [0.25, 0.3) is 5.91 Å². The molecule has 1 aliphatic rings. The van der Waals surface area contributed by atoms with Gasteiger partial charge in [0.05, 0.1) is 27.6 Å². The molecule has 2 N–H and O–H groups in total. The zero-order valence-electron chi connectivity index (χ0n) is 16.2. The molecule has 0 saturated carbocycles. The van der Waals surface area contributed by atoms with Crippen molar-refractivity contribution in [3.8, 4) is 11.5 Å². The number of likely N-dealkylation sites (N-methyl/N-ethyl adjacent to an activating group) is 1. The Morgan fingerprint density at radius 1 is 1.33 bits per heavy atom. The van der Waals surface area contributed by atoms with E-state index in [-0.39, 0.29) is 24.0 Å². The number of aliphatic hydroxyl groups is 1. The molecule has 0 spiro atoms. The summed E-state index contributed by atoms with van der Waals surface area (Å²) in [5.74, 6) is -0.540. The van der Waals surface area contributed by atoms with E-state index in [1.807, 2.05) is 0 Å².